The number of benzene rings is 1. The van der Waals surface area contributed by atoms with E-state index < -0.39 is 20.7 Å². The van der Waals surface area contributed by atoms with E-state index in [2.05, 4.69) is 0 Å². The maximum atomic E-state index is 14.0. The number of nitrogen functional groups attached to an aromatic ring is 1. The number of nitrogens with zero attached hydrogens (tertiary/aromatic N) is 1. The quantitative estimate of drug-likeness (QED) is 0.862. The number of rotatable bonds is 3. The van der Waals surface area contributed by atoms with Crippen LogP contribution in [-0.4, -0.2) is 38.5 Å². The highest BCUT2D eigenvalue weighted by Gasteiger charge is 2.32. The highest BCUT2D eigenvalue weighted by atomic mass is 35.5. The van der Waals surface area contributed by atoms with Crippen molar-refractivity contribution in [2.45, 2.75) is 24.3 Å². The van der Waals surface area contributed by atoms with Crippen LogP contribution >= 0.6 is 11.6 Å². The minimum atomic E-state index is -3.97. The molecule has 2 rings (SSSR count). The van der Waals surface area contributed by atoms with Crippen molar-refractivity contribution < 1.29 is 17.5 Å². The average molecular weight is 323 g/mol. The number of anilines is 1. The minimum absolute atomic E-state index is 0.0859. The van der Waals surface area contributed by atoms with Gasteiger partial charge in [0, 0.05) is 18.1 Å². The number of hydrogen-bond acceptors (Lipinski definition) is 4. The average Bonchev–Trinajstić information content (AvgIpc) is 2.42. The summed E-state index contributed by atoms with van der Waals surface area (Å²) in [7, 11) is -3.97. The molecule has 0 aliphatic carbocycles. The third kappa shape index (κ3) is 2.90. The van der Waals surface area contributed by atoms with Crippen LogP contribution in [-0.2, 0) is 14.8 Å². The Balaban J connectivity index is 2.40. The molecule has 1 fully saturated rings. The molecule has 112 valence electrons. The zero-order chi connectivity index (χ0) is 14.9. The van der Waals surface area contributed by atoms with Crippen LogP contribution in [0.15, 0.2) is 17.0 Å². The van der Waals surface area contributed by atoms with Crippen molar-refractivity contribution in [1.82, 2.24) is 4.31 Å². The SMILES string of the molecule is CCC1CN(S(=O)(=O)c2cc(Cl)cc(N)c2F)CCO1. The molecule has 0 bridgehead atoms. The van der Waals surface area contributed by atoms with Crippen molar-refractivity contribution >= 4 is 27.3 Å². The van der Waals surface area contributed by atoms with E-state index in [9.17, 15) is 12.8 Å². The van der Waals surface area contributed by atoms with Gasteiger partial charge in [-0.2, -0.15) is 4.31 Å². The molecule has 0 amide bonds. The fourth-order valence-electron chi connectivity index (χ4n) is 2.07. The molecular weight excluding hydrogens is 307 g/mol. The number of morpholine rings is 1. The first-order valence-electron chi connectivity index (χ1n) is 6.22. The van der Waals surface area contributed by atoms with Crippen LogP contribution in [0.1, 0.15) is 13.3 Å². The highest BCUT2D eigenvalue weighted by Crippen LogP contribution is 2.28. The maximum absolute atomic E-state index is 14.0. The Labute approximate surface area is 122 Å². The van der Waals surface area contributed by atoms with E-state index in [1.165, 1.54) is 10.4 Å². The van der Waals surface area contributed by atoms with Gasteiger partial charge in [-0.15, -0.1) is 0 Å². The molecule has 1 aliphatic rings. The van der Waals surface area contributed by atoms with E-state index in [-0.39, 0.29) is 36.5 Å². The smallest absolute Gasteiger partial charge is 0.246 e. The molecule has 1 aromatic rings. The van der Waals surface area contributed by atoms with Gasteiger partial charge in [0.2, 0.25) is 10.0 Å². The summed E-state index contributed by atoms with van der Waals surface area (Å²) in [6.45, 7) is 2.57. The Hall–Kier alpha value is -0.890. The molecule has 0 saturated carbocycles. The zero-order valence-corrected chi connectivity index (χ0v) is 12.5. The molecule has 1 unspecified atom stereocenters. The first-order valence-corrected chi connectivity index (χ1v) is 8.04. The van der Waals surface area contributed by atoms with E-state index in [1.54, 1.807) is 0 Å². The molecule has 20 heavy (non-hydrogen) atoms. The normalized spacial score (nSPS) is 21.1. The van der Waals surface area contributed by atoms with E-state index >= 15 is 0 Å². The number of sulfonamides is 1. The molecule has 0 aromatic heterocycles. The Morgan fingerprint density at radius 1 is 1.55 bits per heavy atom. The summed E-state index contributed by atoms with van der Waals surface area (Å²) in [5.74, 6) is -0.964. The van der Waals surface area contributed by atoms with E-state index in [0.29, 0.717) is 6.42 Å². The molecule has 0 radical (unpaired) electrons. The van der Waals surface area contributed by atoms with Crippen molar-refractivity contribution in [1.29, 1.82) is 0 Å². The Morgan fingerprint density at radius 3 is 2.90 bits per heavy atom. The van der Waals surface area contributed by atoms with Gasteiger partial charge in [-0.25, -0.2) is 12.8 Å². The van der Waals surface area contributed by atoms with Gasteiger partial charge in [0.1, 0.15) is 4.90 Å². The summed E-state index contributed by atoms with van der Waals surface area (Å²) in [4.78, 5) is -0.487. The first kappa shape index (κ1) is 15.5. The van der Waals surface area contributed by atoms with Crippen LogP contribution in [0.2, 0.25) is 5.02 Å². The van der Waals surface area contributed by atoms with Crippen LogP contribution < -0.4 is 5.73 Å². The molecule has 1 aliphatic heterocycles. The van der Waals surface area contributed by atoms with Crippen LogP contribution in [0.25, 0.3) is 0 Å². The van der Waals surface area contributed by atoms with Gasteiger partial charge in [0.15, 0.2) is 5.82 Å². The molecule has 1 atom stereocenters. The lowest BCUT2D eigenvalue weighted by Crippen LogP contribution is -2.45. The van der Waals surface area contributed by atoms with E-state index in [4.69, 9.17) is 22.1 Å². The Kier molecular flexibility index (Phi) is 4.53. The van der Waals surface area contributed by atoms with Crippen molar-refractivity contribution in [3.63, 3.8) is 0 Å². The second kappa shape index (κ2) is 5.85. The second-order valence-electron chi connectivity index (χ2n) is 4.57. The fraction of sp³-hybridized carbons (Fsp3) is 0.500. The molecule has 5 nitrogen and oxygen atoms in total. The van der Waals surface area contributed by atoms with Crippen molar-refractivity contribution in [3.05, 3.63) is 23.0 Å². The molecule has 1 saturated heterocycles. The predicted octanol–water partition coefficient (Wildman–Crippen LogP) is 1.86. The lowest BCUT2D eigenvalue weighted by atomic mass is 10.2. The van der Waals surface area contributed by atoms with Crippen molar-refractivity contribution in [2.75, 3.05) is 25.4 Å². The lowest BCUT2D eigenvalue weighted by molar-refractivity contribution is -0.00283. The van der Waals surface area contributed by atoms with E-state index in [0.717, 1.165) is 6.07 Å². The van der Waals surface area contributed by atoms with Crippen LogP contribution in [0.4, 0.5) is 10.1 Å². The van der Waals surface area contributed by atoms with Crippen molar-refractivity contribution in [3.8, 4) is 0 Å². The second-order valence-corrected chi connectivity index (χ2v) is 6.91. The monoisotopic (exact) mass is 322 g/mol. The number of hydrogen-bond donors (Lipinski definition) is 1. The van der Waals surface area contributed by atoms with Gasteiger partial charge >= 0.3 is 0 Å². The summed E-state index contributed by atoms with van der Waals surface area (Å²) < 4.78 is 45.6. The van der Waals surface area contributed by atoms with Gasteiger partial charge in [-0.05, 0) is 18.6 Å². The van der Waals surface area contributed by atoms with Gasteiger partial charge in [0.05, 0.1) is 18.4 Å². The molecule has 0 spiro atoms. The summed E-state index contributed by atoms with van der Waals surface area (Å²) in [6.07, 6.45) is 0.504. The summed E-state index contributed by atoms with van der Waals surface area (Å²) in [5, 5.41) is 0.0859. The number of nitrogens with two attached hydrogens (primary N) is 1. The number of halogens is 2. The Morgan fingerprint density at radius 2 is 2.25 bits per heavy atom. The maximum Gasteiger partial charge on any atom is 0.246 e. The summed E-state index contributed by atoms with van der Waals surface area (Å²) in [6, 6.07) is 2.27. The van der Waals surface area contributed by atoms with Gasteiger partial charge in [0.25, 0.3) is 0 Å². The zero-order valence-electron chi connectivity index (χ0n) is 11.0. The molecule has 1 aromatic carbocycles. The standard InChI is InChI=1S/C12H16ClFN2O3S/c1-2-9-7-16(3-4-19-9)20(17,18)11-6-8(13)5-10(15)12(11)14/h5-6,9H,2-4,7,15H2,1H3. The third-order valence-electron chi connectivity index (χ3n) is 3.21. The highest BCUT2D eigenvalue weighted by molar-refractivity contribution is 7.89. The molecule has 1 heterocycles. The molecule has 2 N–H and O–H groups in total. The third-order valence-corrected chi connectivity index (χ3v) is 5.29. The predicted molar refractivity (Wildman–Crippen MR) is 74.6 cm³/mol. The van der Waals surface area contributed by atoms with Crippen LogP contribution in [0.5, 0.6) is 0 Å². The van der Waals surface area contributed by atoms with Gasteiger partial charge in [-0.1, -0.05) is 18.5 Å². The summed E-state index contributed by atoms with van der Waals surface area (Å²) in [5.41, 5.74) is 5.15. The minimum Gasteiger partial charge on any atom is -0.396 e. The first-order chi connectivity index (χ1) is 9.36. The lowest BCUT2D eigenvalue weighted by Gasteiger charge is -2.31. The summed E-state index contributed by atoms with van der Waals surface area (Å²) >= 11 is 5.77. The van der Waals surface area contributed by atoms with E-state index in [1.807, 2.05) is 6.92 Å². The largest absolute Gasteiger partial charge is 0.396 e. The van der Waals surface area contributed by atoms with Gasteiger partial charge < -0.3 is 10.5 Å². The van der Waals surface area contributed by atoms with Crippen LogP contribution in [0, 0.1) is 5.82 Å². The van der Waals surface area contributed by atoms with Crippen molar-refractivity contribution in [2.24, 2.45) is 0 Å². The van der Waals surface area contributed by atoms with Crippen LogP contribution in [0.3, 0.4) is 0 Å². The molecule has 8 heteroatoms. The number of ether oxygens (including phenoxy) is 1. The topological polar surface area (TPSA) is 72.6 Å². The Bertz CT molecular complexity index is 609. The van der Waals surface area contributed by atoms with Gasteiger partial charge in [-0.3, -0.25) is 0 Å². The molecular formula is C12H16ClFN2O3S. The fourth-order valence-corrected chi connectivity index (χ4v) is 3.94.